The molecule has 3 aromatic rings. The van der Waals surface area contributed by atoms with Crippen LogP contribution < -0.4 is 4.74 Å². The van der Waals surface area contributed by atoms with Crippen LogP contribution in [-0.4, -0.2) is 14.5 Å². The lowest BCUT2D eigenvalue weighted by Crippen LogP contribution is -2.14. The van der Waals surface area contributed by atoms with Crippen molar-refractivity contribution in [2.75, 3.05) is 0 Å². The molecule has 0 N–H and O–H groups in total. The van der Waals surface area contributed by atoms with Crippen molar-refractivity contribution in [2.24, 2.45) is 0 Å². The Labute approximate surface area is 136 Å². The van der Waals surface area contributed by atoms with Crippen LogP contribution in [0.4, 0.5) is 5.82 Å². The second-order valence-electron chi connectivity index (χ2n) is 5.06. The van der Waals surface area contributed by atoms with E-state index in [1.54, 1.807) is 41.0 Å². The fourth-order valence-corrected chi connectivity index (χ4v) is 2.81. The van der Waals surface area contributed by atoms with Crippen LogP contribution in [0.1, 0.15) is 5.82 Å². The first-order valence-electron chi connectivity index (χ1n) is 6.89. The minimum Gasteiger partial charge on any atom is -0.479 e. The number of para-hydroxylation sites is 2. The van der Waals surface area contributed by atoms with Gasteiger partial charge in [0.2, 0.25) is 5.82 Å². The van der Waals surface area contributed by atoms with Gasteiger partial charge in [0.05, 0.1) is 0 Å². The van der Waals surface area contributed by atoms with Crippen LogP contribution in [0, 0.1) is 10.1 Å². The lowest BCUT2D eigenvalue weighted by atomic mass is 10.1. The summed E-state index contributed by atoms with van der Waals surface area (Å²) in [6.45, 7) is 0.186. The van der Waals surface area contributed by atoms with E-state index in [0.29, 0.717) is 33.5 Å². The third kappa shape index (κ3) is 2.15. The Balaban J connectivity index is 1.99. The van der Waals surface area contributed by atoms with Gasteiger partial charge in [-0.1, -0.05) is 35.9 Å². The number of benzene rings is 2. The Kier molecular flexibility index (Phi) is 3.06. The second kappa shape index (κ2) is 5.10. The molecular weight excluding hydrogens is 318 g/mol. The molecule has 0 bridgehead atoms. The molecule has 6 nitrogen and oxygen atoms in total. The van der Waals surface area contributed by atoms with Crippen molar-refractivity contribution in [1.82, 2.24) is 9.55 Å². The summed E-state index contributed by atoms with van der Waals surface area (Å²) in [5.74, 6) is 1.03. The predicted molar refractivity (Wildman–Crippen MR) is 85.0 cm³/mol. The summed E-state index contributed by atoms with van der Waals surface area (Å²) in [6, 6.07) is 14.0. The number of nitrogens with zero attached hydrogens (tertiary/aromatic N) is 3. The lowest BCUT2D eigenvalue weighted by Gasteiger charge is -2.14. The van der Waals surface area contributed by atoms with Crippen LogP contribution >= 0.6 is 11.6 Å². The van der Waals surface area contributed by atoms with E-state index in [2.05, 4.69) is 4.98 Å². The smallest absolute Gasteiger partial charge is 0.356 e. The number of imidazole rings is 1. The minimum atomic E-state index is -0.414. The monoisotopic (exact) mass is 327 g/mol. The summed E-state index contributed by atoms with van der Waals surface area (Å²) in [5.41, 5.74) is 1.57. The Bertz CT molecular complexity index is 919. The largest absolute Gasteiger partial charge is 0.479 e. The van der Waals surface area contributed by atoms with Gasteiger partial charge in [-0.3, -0.25) is 0 Å². The van der Waals surface area contributed by atoms with Gasteiger partial charge in [0.1, 0.15) is 0 Å². The highest BCUT2D eigenvalue weighted by Gasteiger charge is 2.34. The topological polar surface area (TPSA) is 70.2 Å². The molecule has 2 aromatic carbocycles. The molecule has 1 aromatic heterocycles. The normalized spacial score (nSPS) is 12.2. The van der Waals surface area contributed by atoms with Crippen LogP contribution in [0.3, 0.4) is 0 Å². The fourth-order valence-electron chi connectivity index (χ4n) is 2.68. The summed E-state index contributed by atoms with van der Waals surface area (Å²) in [4.78, 5) is 15.7. The van der Waals surface area contributed by atoms with Gasteiger partial charge >= 0.3 is 5.82 Å². The first-order chi connectivity index (χ1) is 11.1. The van der Waals surface area contributed by atoms with Gasteiger partial charge in [0, 0.05) is 10.6 Å². The zero-order valence-corrected chi connectivity index (χ0v) is 12.5. The van der Waals surface area contributed by atoms with Gasteiger partial charge in [-0.25, -0.2) is 4.98 Å². The van der Waals surface area contributed by atoms with Crippen molar-refractivity contribution < 1.29 is 9.66 Å². The molecule has 114 valence electrons. The molecule has 4 rings (SSSR count). The summed E-state index contributed by atoms with van der Waals surface area (Å²) < 4.78 is 7.17. The fraction of sp³-hybridized carbons (Fsp3) is 0.0625. The van der Waals surface area contributed by atoms with Gasteiger partial charge in [-0.05, 0) is 29.2 Å². The standard InChI is InChI=1S/C16H10ClN3O3/c17-11-7-5-10(6-8-11)15-16(20(21)22)19-12-3-1-2-4-13(12)23-9-14(19)18-15/h1-8H,9H2. The van der Waals surface area contributed by atoms with E-state index in [1.807, 2.05) is 12.1 Å². The van der Waals surface area contributed by atoms with E-state index >= 15 is 0 Å². The zero-order valence-electron chi connectivity index (χ0n) is 11.8. The van der Waals surface area contributed by atoms with E-state index in [9.17, 15) is 10.1 Å². The molecule has 2 heterocycles. The second-order valence-corrected chi connectivity index (χ2v) is 5.49. The van der Waals surface area contributed by atoms with Crippen molar-refractivity contribution in [3.8, 4) is 22.7 Å². The van der Waals surface area contributed by atoms with Crippen LogP contribution in [0.2, 0.25) is 5.02 Å². The third-order valence-corrected chi connectivity index (χ3v) is 3.93. The molecule has 0 spiro atoms. The van der Waals surface area contributed by atoms with Gasteiger partial charge in [-0.2, -0.15) is 4.57 Å². The number of hydrogen-bond acceptors (Lipinski definition) is 4. The maximum absolute atomic E-state index is 11.7. The predicted octanol–water partition coefficient (Wildman–Crippen LogP) is 3.99. The molecule has 0 radical (unpaired) electrons. The van der Waals surface area contributed by atoms with E-state index in [4.69, 9.17) is 16.3 Å². The highest BCUT2D eigenvalue weighted by molar-refractivity contribution is 6.30. The first kappa shape index (κ1) is 13.8. The summed E-state index contributed by atoms with van der Waals surface area (Å²) in [5, 5.41) is 12.2. The lowest BCUT2D eigenvalue weighted by molar-refractivity contribution is -0.390. The number of hydrogen-bond donors (Lipinski definition) is 0. The molecule has 0 atom stereocenters. The molecular formula is C16H10ClN3O3. The third-order valence-electron chi connectivity index (χ3n) is 3.68. The van der Waals surface area contributed by atoms with E-state index in [1.165, 1.54) is 0 Å². The van der Waals surface area contributed by atoms with Crippen molar-refractivity contribution in [3.63, 3.8) is 0 Å². The number of nitro groups is 1. The first-order valence-corrected chi connectivity index (χ1v) is 7.27. The highest BCUT2D eigenvalue weighted by Crippen LogP contribution is 2.39. The molecule has 0 amide bonds. The molecule has 7 heteroatoms. The molecule has 0 saturated carbocycles. The van der Waals surface area contributed by atoms with Gasteiger partial charge in [-0.15, -0.1) is 0 Å². The maximum atomic E-state index is 11.7. The van der Waals surface area contributed by atoms with Crippen LogP contribution in [0.15, 0.2) is 48.5 Å². The molecule has 1 aliphatic heterocycles. The summed E-state index contributed by atoms with van der Waals surface area (Å²) in [7, 11) is 0. The molecule has 0 aliphatic carbocycles. The highest BCUT2D eigenvalue weighted by atomic mass is 35.5. The van der Waals surface area contributed by atoms with Crippen molar-refractivity contribution in [3.05, 3.63) is 69.5 Å². The van der Waals surface area contributed by atoms with Crippen molar-refractivity contribution >= 4 is 17.4 Å². The summed E-state index contributed by atoms with van der Waals surface area (Å²) in [6.07, 6.45) is 0. The molecule has 0 fully saturated rings. The van der Waals surface area contributed by atoms with Crippen molar-refractivity contribution in [1.29, 1.82) is 0 Å². The van der Waals surface area contributed by atoms with E-state index in [0.717, 1.165) is 0 Å². The number of aromatic nitrogens is 2. The Hall–Kier alpha value is -2.86. The Morgan fingerprint density at radius 2 is 1.91 bits per heavy atom. The molecule has 0 saturated heterocycles. The molecule has 0 unspecified atom stereocenters. The number of rotatable bonds is 2. The minimum absolute atomic E-state index is 0.0712. The van der Waals surface area contributed by atoms with Crippen LogP contribution in [0.5, 0.6) is 5.75 Å². The van der Waals surface area contributed by atoms with Crippen LogP contribution in [-0.2, 0) is 6.61 Å². The summed E-state index contributed by atoms with van der Waals surface area (Å²) >= 11 is 5.89. The van der Waals surface area contributed by atoms with E-state index in [-0.39, 0.29) is 12.4 Å². The molecule has 23 heavy (non-hydrogen) atoms. The van der Waals surface area contributed by atoms with Crippen molar-refractivity contribution in [2.45, 2.75) is 6.61 Å². The average Bonchev–Trinajstić information content (AvgIpc) is 2.95. The van der Waals surface area contributed by atoms with Gasteiger partial charge in [0.25, 0.3) is 0 Å². The SMILES string of the molecule is O=[N+]([O-])c1c(-c2ccc(Cl)cc2)nc2n1-c1ccccc1OC2. The van der Waals surface area contributed by atoms with Gasteiger partial charge in [0.15, 0.2) is 23.7 Å². The number of fused-ring (bicyclic) bond motifs is 3. The number of ether oxygens (including phenoxy) is 1. The van der Waals surface area contributed by atoms with Gasteiger partial charge < -0.3 is 14.9 Å². The quantitative estimate of drug-likeness (QED) is 0.527. The zero-order chi connectivity index (χ0) is 16.0. The number of halogens is 1. The Morgan fingerprint density at radius 3 is 2.65 bits per heavy atom. The van der Waals surface area contributed by atoms with Crippen LogP contribution in [0.25, 0.3) is 16.9 Å². The average molecular weight is 328 g/mol. The van der Waals surface area contributed by atoms with E-state index < -0.39 is 4.92 Å². The maximum Gasteiger partial charge on any atom is 0.356 e. The molecule has 1 aliphatic rings. The Morgan fingerprint density at radius 1 is 1.17 bits per heavy atom.